The smallest absolute Gasteiger partial charge is 0.237 e. The quantitative estimate of drug-likeness (QED) is 0.410. The minimum absolute atomic E-state index is 0.0282. The average Bonchev–Trinajstić information content (AvgIpc) is 3.50. The third kappa shape index (κ3) is 4.64. The van der Waals surface area contributed by atoms with E-state index < -0.39 is 40.1 Å². The Bertz CT molecular complexity index is 891. The summed E-state index contributed by atoms with van der Waals surface area (Å²) in [6.07, 6.45) is 1.78. The van der Waals surface area contributed by atoms with Crippen LogP contribution in [-0.4, -0.2) is 17.1 Å². The van der Waals surface area contributed by atoms with Crippen molar-refractivity contribution in [2.24, 2.45) is 5.92 Å². The van der Waals surface area contributed by atoms with Crippen molar-refractivity contribution in [3.63, 3.8) is 0 Å². The molecule has 0 bridgehead atoms. The Morgan fingerprint density at radius 3 is 2.11 bits per heavy atom. The Morgan fingerprint density at radius 1 is 1.00 bits per heavy atom. The topological polar surface area (TPSA) is 58.2 Å². The van der Waals surface area contributed by atoms with Crippen LogP contribution >= 0.6 is 11.8 Å². The van der Waals surface area contributed by atoms with E-state index in [0.717, 1.165) is 24.6 Å². The molecule has 3 rings (SSSR count). The molecule has 1 saturated carbocycles. The summed E-state index contributed by atoms with van der Waals surface area (Å²) in [5, 5.41) is 3.86. The number of hydrogen-bond acceptors (Lipinski definition) is 3. The van der Waals surface area contributed by atoms with Gasteiger partial charge in [0, 0.05) is 22.6 Å². The SMILES string of the molecule is CC(Sc1ccc(NC(=O)C2CC2)cc1)C(=O)Nc1c(F)c(F)cc(F)c1F. The first-order valence-corrected chi connectivity index (χ1v) is 9.35. The number of hydrogen-bond donors (Lipinski definition) is 2. The number of carbonyl (C=O) groups excluding carboxylic acids is 2. The molecule has 2 aromatic carbocycles. The van der Waals surface area contributed by atoms with Gasteiger partial charge in [0.25, 0.3) is 0 Å². The van der Waals surface area contributed by atoms with E-state index in [4.69, 9.17) is 0 Å². The first kappa shape index (κ1) is 20.2. The number of halogens is 4. The zero-order valence-corrected chi connectivity index (χ0v) is 15.5. The maximum Gasteiger partial charge on any atom is 0.237 e. The summed E-state index contributed by atoms with van der Waals surface area (Å²) in [7, 11) is 0. The monoisotopic (exact) mass is 412 g/mol. The standard InChI is InChI=1S/C19H16F4N2O2S/c1-9(18(26)25-17-15(22)13(20)8-14(21)16(17)23)28-12-6-4-11(5-7-12)24-19(27)10-2-3-10/h4-10H,2-3H2,1H3,(H,24,27)(H,25,26). The maximum absolute atomic E-state index is 13.7. The lowest BCUT2D eigenvalue weighted by atomic mass is 10.2. The zero-order chi connectivity index (χ0) is 20.4. The first-order valence-electron chi connectivity index (χ1n) is 8.47. The Balaban J connectivity index is 1.62. The van der Waals surface area contributed by atoms with E-state index in [1.165, 1.54) is 6.92 Å². The normalized spacial score (nSPS) is 14.5. The summed E-state index contributed by atoms with van der Waals surface area (Å²) < 4.78 is 53.8. The lowest BCUT2D eigenvalue weighted by Gasteiger charge is -2.14. The predicted octanol–water partition coefficient (Wildman–Crippen LogP) is 4.71. The molecule has 1 unspecified atom stereocenters. The van der Waals surface area contributed by atoms with Gasteiger partial charge >= 0.3 is 0 Å². The Morgan fingerprint density at radius 2 is 1.57 bits per heavy atom. The molecule has 1 aliphatic rings. The van der Waals surface area contributed by atoms with Gasteiger partial charge in [-0.3, -0.25) is 9.59 Å². The zero-order valence-electron chi connectivity index (χ0n) is 14.7. The average molecular weight is 412 g/mol. The summed E-state index contributed by atoms with van der Waals surface area (Å²) in [6.45, 7) is 1.48. The molecular weight excluding hydrogens is 396 g/mol. The van der Waals surface area contributed by atoms with Crippen LogP contribution in [0.25, 0.3) is 0 Å². The van der Waals surface area contributed by atoms with Crippen molar-refractivity contribution in [1.82, 2.24) is 0 Å². The molecular formula is C19H16F4N2O2S. The molecule has 0 saturated heterocycles. The van der Waals surface area contributed by atoms with Crippen LogP contribution in [0.3, 0.4) is 0 Å². The van der Waals surface area contributed by atoms with Gasteiger partial charge in [-0.15, -0.1) is 11.8 Å². The Hall–Kier alpha value is -2.55. The Labute approximate surface area is 162 Å². The van der Waals surface area contributed by atoms with E-state index in [2.05, 4.69) is 5.32 Å². The highest BCUT2D eigenvalue weighted by Crippen LogP contribution is 2.31. The van der Waals surface area contributed by atoms with Gasteiger partial charge < -0.3 is 10.6 Å². The molecule has 0 radical (unpaired) electrons. The summed E-state index contributed by atoms with van der Waals surface area (Å²) >= 11 is 1.08. The molecule has 0 heterocycles. The van der Waals surface area contributed by atoms with Crippen molar-refractivity contribution in [1.29, 1.82) is 0 Å². The van der Waals surface area contributed by atoms with Gasteiger partial charge in [-0.1, -0.05) is 0 Å². The van der Waals surface area contributed by atoms with Crippen molar-refractivity contribution in [2.45, 2.75) is 29.9 Å². The van der Waals surface area contributed by atoms with E-state index >= 15 is 0 Å². The fourth-order valence-corrected chi connectivity index (χ4v) is 3.24. The Kier molecular flexibility index (Phi) is 5.93. The number of thioether (sulfide) groups is 1. The van der Waals surface area contributed by atoms with Gasteiger partial charge in [0.1, 0.15) is 5.69 Å². The lowest BCUT2D eigenvalue weighted by molar-refractivity contribution is -0.117. The predicted molar refractivity (Wildman–Crippen MR) is 98.0 cm³/mol. The van der Waals surface area contributed by atoms with Crippen molar-refractivity contribution in [2.75, 3.05) is 10.6 Å². The molecule has 1 atom stereocenters. The van der Waals surface area contributed by atoms with Gasteiger partial charge in [0.15, 0.2) is 23.3 Å². The molecule has 1 fully saturated rings. The number of amides is 2. The molecule has 0 aliphatic heterocycles. The highest BCUT2D eigenvalue weighted by atomic mass is 32.2. The molecule has 28 heavy (non-hydrogen) atoms. The second kappa shape index (κ2) is 8.22. The molecule has 0 aromatic heterocycles. The molecule has 148 valence electrons. The fourth-order valence-electron chi connectivity index (χ4n) is 2.37. The molecule has 4 nitrogen and oxygen atoms in total. The third-order valence-corrected chi connectivity index (χ3v) is 5.22. The lowest BCUT2D eigenvalue weighted by Crippen LogP contribution is -2.24. The van der Waals surface area contributed by atoms with E-state index in [1.54, 1.807) is 24.3 Å². The van der Waals surface area contributed by atoms with Crippen molar-refractivity contribution in [3.8, 4) is 0 Å². The van der Waals surface area contributed by atoms with E-state index in [9.17, 15) is 27.2 Å². The number of benzene rings is 2. The highest BCUT2D eigenvalue weighted by molar-refractivity contribution is 8.00. The summed E-state index contributed by atoms with van der Waals surface area (Å²) in [6, 6.07) is 6.78. The van der Waals surface area contributed by atoms with Gasteiger partial charge in [-0.25, -0.2) is 17.6 Å². The summed E-state index contributed by atoms with van der Waals surface area (Å²) in [5.41, 5.74) is -0.536. The molecule has 0 spiro atoms. The van der Waals surface area contributed by atoms with Crippen molar-refractivity contribution < 1.29 is 27.2 Å². The molecule has 2 N–H and O–H groups in total. The second-order valence-electron chi connectivity index (χ2n) is 6.38. The second-order valence-corrected chi connectivity index (χ2v) is 7.79. The van der Waals surface area contributed by atoms with E-state index in [1.807, 2.05) is 5.32 Å². The van der Waals surface area contributed by atoms with Crippen LogP contribution in [0, 0.1) is 29.2 Å². The van der Waals surface area contributed by atoms with Crippen LogP contribution in [-0.2, 0) is 9.59 Å². The number of anilines is 2. The van der Waals surface area contributed by atoms with Crippen molar-refractivity contribution >= 4 is 35.0 Å². The largest absolute Gasteiger partial charge is 0.326 e. The first-order chi connectivity index (χ1) is 13.3. The fraction of sp³-hybridized carbons (Fsp3) is 0.263. The van der Waals surface area contributed by atoms with Gasteiger partial charge in [-0.2, -0.15) is 0 Å². The molecule has 9 heteroatoms. The minimum atomic E-state index is -1.67. The third-order valence-electron chi connectivity index (χ3n) is 4.11. The molecule has 1 aliphatic carbocycles. The molecule has 2 aromatic rings. The van der Waals surface area contributed by atoms with Crippen LogP contribution in [0.2, 0.25) is 0 Å². The van der Waals surface area contributed by atoms with Crippen LogP contribution in [0.4, 0.5) is 28.9 Å². The summed E-state index contributed by atoms with van der Waals surface area (Å²) in [4.78, 5) is 24.6. The van der Waals surface area contributed by atoms with Crippen molar-refractivity contribution in [3.05, 3.63) is 53.6 Å². The van der Waals surface area contributed by atoms with Gasteiger partial charge in [0.2, 0.25) is 11.8 Å². The van der Waals surface area contributed by atoms with Crippen LogP contribution in [0.1, 0.15) is 19.8 Å². The van der Waals surface area contributed by atoms with Gasteiger partial charge in [0.05, 0.1) is 5.25 Å². The summed E-state index contributed by atoms with van der Waals surface area (Å²) in [5.74, 6) is -7.30. The van der Waals surface area contributed by atoms with Crippen LogP contribution in [0.15, 0.2) is 35.2 Å². The minimum Gasteiger partial charge on any atom is -0.326 e. The van der Waals surface area contributed by atoms with E-state index in [-0.39, 0.29) is 17.9 Å². The molecule has 2 amide bonds. The van der Waals surface area contributed by atoms with Gasteiger partial charge in [-0.05, 0) is 44.0 Å². The number of rotatable bonds is 6. The van der Waals surface area contributed by atoms with Crippen LogP contribution < -0.4 is 10.6 Å². The van der Waals surface area contributed by atoms with E-state index in [0.29, 0.717) is 10.6 Å². The maximum atomic E-state index is 13.7. The number of carbonyl (C=O) groups is 2. The highest BCUT2D eigenvalue weighted by Gasteiger charge is 2.29. The number of nitrogens with one attached hydrogen (secondary N) is 2. The van der Waals surface area contributed by atoms with Crippen LogP contribution in [0.5, 0.6) is 0 Å².